The van der Waals surface area contributed by atoms with E-state index in [0.717, 1.165) is 9.36 Å². The Bertz CT molecular complexity index is 1460. The van der Waals surface area contributed by atoms with Crippen molar-refractivity contribution in [2.24, 2.45) is 0 Å². The summed E-state index contributed by atoms with van der Waals surface area (Å²) < 4.78 is 32.9. The monoisotopic (exact) mass is 457 g/mol. The lowest BCUT2D eigenvalue weighted by molar-refractivity contribution is 0.0736. The lowest BCUT2D eigenvalue weighted by Gasteiger charge is -2.20. The topological polar surface area (TPSA) is 91.2 Å². The van der Waals surface area contributed by atoms with Gasteiger partial charge in [-0.25, -0.2) is 22.2 Å². The summed E-state index contributed by atoms with van der Waals surface area (Å²) in [6, 6.07) is 11.5. The molecule has 5 rings (SSSR count). The fraction of sp³-hybridized carbons (Fsp3) is 0.0500. The molecule has 0 aliphatic carbocycles. The maximum absolute atomic E-state index is 13.1. The van der Waals surface area contributed by atoms with Crippen molar-refractivity contribution < 1.29 is 17.9 Å². The Morgan fingerprint density at radius 1 is 1.17 bits per heavy atom. The maximum Gasteiger partial charge on any atom is 0.345 e. The molecular formula is C20H12ClN3O4S2. The van der Waals surface area contributed by atoms with Gasteiger partial charge in [0, 0.05) is 16.5 Å². The molecule has 30 heavy (non-hydrogen) atoms. The zero-order valence-corrected chi connectivity index (χ0v) is 17.8. The number of rotatable bonds is 2. The van der Waals surface area contributed by atoms with E-state index < -0.39 is 16.0 Å². The summed E-state index contributed by atoms with van der Waals surface area (Å²) in [5.74, 6) is -0.508. The van der Waals surface area contributed by atoms with Crippen molar-refractivity contribution >= 4 is 50.3 Å². The molecule has 0 amide bonds. The summed E-state index contributed by atoms with van der Waals surface area (Å²) in [5, 5.41) is 1.22. The predicted octanol–water partition coefficient (Wildman–Crippen LogP) is 4.31. The first kappa shape index (κ1) is 19.1. The number of hydrogen-bond acceptors (Lipinski definition) is 7. The number of hydrogen-bond donors (Lipinski definition) is 0. The molecule has 0 fully saturated rings. The average molecular weight is 458 g/mol. The molecule has 3 heterocycles. The summed E-state index contributed by atoms with van der Waals surface area (Å²) in [6.45, 7) is 1.65. The third-order valence-corrected chi connectivity index (χ3v) is 8.05. The zero-order valence-electron chi connectivity index (χ0n) is 15.4. The van der Waals surface area contributed by atoms with Crippen molar-refractivity contribution in [1.29, 1.82) is 0 Å². The molecule has 0 bridgehead atoms. The van der Waals surface area contributed by atoms with Gasteiger partial charge in [-0.15, -0.1) is 0 Å². The minimum absolute atomic E-state index is 0.0199. The summed E-state index contributed by atoms with van der Waals surface area (Å²) in [5.41, 5.74) is 0.946. The molecule has 0 radical (unpaired) electrons. The summed E-state index contributed by atoms with van der Waals surface area (Å²) >= 11 is 7.49. The van der Waals surface area contributed by atoms with Crippen LogP contribution in [0.5, 0.6) is 5.75 Å². The van der Waals surface area contributed by atoms with E-state index in [9.17, 15) is 13.2 Å². The van der Waals surface area contributed by atoms with Gasteiger partial charge in [0.1, 0.15) is 10.4 Å². The van der Waals surface area contributed by atoms with Gasteiger partial charge in [-0.3, -0.25) is 4.98 Å². The largest absolute Gasteiger partial charge is 0.421 e. The van der Waals surface area contributed by atoms with Gasteiger partial charge >= 0.3 is 5.97 Å². The minimum Gasteiger partial charge on any atom is -0.421 e. The van der Waals surface area contributed by atoms with E-state index in [1.165, 1.54) is 30.1 Å². The molecule has 0 unspecified atom stereocenters. The van der Waals surface area contributed by atoms with Gasteiger partial charge in [-0.05, 0) is 43.0 Å². The van der Waals surface area contributed by atoms with Gasteiger partial charge in [0.25, 0.3) is 10.0 Å². The van der Waals surface area contributed by atoms with Crippen LogP contribution in [0.1, 0.15) is 16.1 Å². The average Bonchev–Trinajstić information content (AvgIpc) is 3.09. The zero-order chi connectivity index (χ0) is 21.0. The lowest BCUT2D eigenvalue weighted by atomic mass is 10.2. The van der Waals surface area contributed by atoms with E-state index in [1.807, 2.05) is 12.1 Å². The standard InChI is InChI=1S/C20H12ClN3O4S2/c1-11-10-23-20-24(11)30(26,27)17-8-13(14(21)9-16(17)29-20)19(25)28-15-6-2-4-12-5-3-7-22-18(12)15/h2-10H,1H3. The second-order valence-corrected chi connectivity index (χ2v) is 9.72. The molecule has 0 saturated carbocycles. The highest BCUT2D eigenvalue weighted by atomic mass is 35.5. The Hall–Kier alpha value is -2.88. The number of aromatic nitrogens is 3. The first-order chi connectivity index (χ1) is 14.4. The van der Waals surface area contributed by atoms with Crippen molar-refractivity contribution in [2.75, 3.05) is 0 Å². The van der Waals surface area contributed by atoms with Gasteiger partial charge in [-0.2, -0.15) is 0 Å². The van der Waals surface area contributed by atoms with E-state index in [0.29, 0.717) is 21.3 Å². The van der Waals surface area contributed by atoms with Crippen molar-refractivity contribution in [3.8, 4) is 5.75 Å². The summed E-state index contributed by atoms with van der Waals surface area (Å²) in [4.78, 5) is 21.6. The second kappa shape index (κ2) is 6.83. The Labute approximate surface area is 180 Å². The molecule has 1 aliphatic heterocycles. The molecule has 10 heteroatoms. The molecule has 1 aliphatic rings. The summed E-state index contributed by atoms with van der Waals surface area (Å²) in [7, 11) is -3.91. The van der Waals surface area contributed by atoms with E-state index in [-0.39, 0.29) is 21.2 Å². The minimum atomic E-state index is -3.91. The first-order valence-electron chi connectivity index (χ1n) is 8.73. The van der Waals surface area contributed by atoms with E-state index >= 15 is 0 Å². The molecule has 4 aromatic rings. The number of imidazole rings is 1. The Morgan fingerprint density at radius 2 is 1.97 bits per heavy atom. The SMILES string of the molecule is Cc1cnc2n1S(=O)(=O)c1cc(C(=O)Oc3cccc4cccnc34)c(Cl)cc1S2. The molecule has 0 N–H and O–H groups in total. The predicted molar refractivity (Wildman–Crippen MR) is 112 cm³/mol. The number of halogens is 1. The Morgan fingerprint density at radius 3 is 2.80 bits per heavy atom. The van der Waals surface area contributed by atoms with Crippen molar-refractivity contribution in [1.82, 2.24) is 13.9 Å². The molecule has 2 aromatic heterocycles. The number of nitrogens with zero attached hydrogens (tertiary/aromatic N) is 3. The van der Waals surface area contributed by atoms with Crippen LogP contribution in [0.25, 0.3) is 10.9 Å². The van der Waals surface area contributed by atoms with E-state index in [2.05, 4.69) is 9.97 Å². The fourth-order valence-corrected chi connectivity index (χ4v) is 6.72. The maximum atomic E-state index is 13.1. The number of pyridine rings is 1. The van der Waals surface area contributed by atoms with Gasteiger partial charge < -0.3 is 4.74 Å². The van der Waals surface area contributed by atoms with Crippen LogP contribution in [0.3, 0.4) is 0 Å². The highest BCUT2D eigenvalue weighted by Gasteiger charge is 2.33. The van der Waals surface area contributed by atoms with Gasteiger partial charge in [0.05, 0.1) is 22.5 Å². The number of fused-ring (bicyclic) bond motifs is 3. The molecule has 0 saturated heterocycles. The van der Waals surface area contributed by atoms with Crippen LogP contribution in [0, 0.1) is 6.92 Å². The van der Waals surface area contributed by atoms with Crippen LogP contribution < -0.4 is 4.74 Å². The number of benzene rings is 2. The van der Waals surface area contributed by atoms with Gasteiger partial charge in [0.15, 0.2) is 10.9 Å². The normalized spacial score (nSPS) is 14.2. The van der Waals surface area contributed by atoms with Gasteiger partial charge in [-0.1, -0.05) is 29.8 Å². The molecular weight excluding hydrogens is 446 g/mol. The molecule has 2 aromatic carbocycles. The van der Waals surface area contributed by atoms with Crippen LogP contribution in [-0.4, -0.2) is 28.3 Å². The van der Waals surface area contributed by atoms with Crippen LogP contribution in [0.15, 0.2) is 69.8 Å². The number of ether oxygens (including phenoxy) is 1. The van der Waals surface area contributed by atoms with Crippen molar-refractivity contribution in [3.05, 3.63) is 71.1 Å². The quantitative estimate of drug-likeness (QED) is 0.288. The third-order valence-electron chi connectivity index (χ3n) is 4.63. The van der Waals surface area contributed by atoms with Crippen molar-refractivity contribution in [3.63, 3.8) is 0 Å². The number of para-hydroxylation sites is 1. The smallest absolute Gasteiger partial charge is 0.345 e. The number of carbonyl (C=O) groups excluding carboxylic acids is 1. The van der Waals surface area contributed by atoms with Crippen LogP contribution >= 0.6 is 23.4 Å². The van der Waals surface area contributed by atoms with Gasteiger partial charge in [0.2, 0.25) is 0 Å². The lowest BCUT2D eigenvalue weighted by Crippen LogP contribution is -2.21. The number of carbonyl (C=O) groups is 1. The van der Waals surface area contributed by atoms with Crippen molar-refractivity contribution in [2.45, 2.75) is 21.9 Å². The highest BCUT2D eigenvalue weighted by molar-refractivity contribution is 8.01. The highest BCUT2D eigenvalue weighted by Crippen LogP contribution is 2.42. The second-order valence-electron chi connectivity index (χ2n) is 6.55. The Balaban J connectivity index is 1.58. The molecule has 150 valence electrons. The van der Waals surface area contributed by atoms with E-state index in [1.54, 1.807) is 31.3 Å². The molecule has 0 spiro atoms. The first-order valence-corrected chi connectivity index (χ1v) is 11.4. The number of esters is 1. The molecule has 0 atom stereocenters. The fourth-order valence-electron chi connectivity index (χ4n) is 3.25. The molecule has 7 nitrogen and oxygen atoms in total. The summed E-state index contributed by atoms with van der Waals surface area (Å²) in [6.07, 6.45) is 3.08. The van der Waals surface area contributed by atoms with Crippen LogP contribution in [0.4, 0.5) is 0 Å². The van der Waals surface area contributed by atoms with E-state index in [4.69, 9.17) is 16.3 Å². The van der Waals surface area contributed by atoms with Crippen LogP contribution in [0.2, 0.25) is 5.02 Å². The number of aryl methyl sites for hydroxylation is 1. The Kier molecular flexibility index (Phi) is 4.35. The third kappa shape index (κ3) is 2.89. The van der Waals surface area contributed by atoms with Crippen LogP contribution in [-0.2, 0) is 10.0 Å².